The summed E-state index contributed by atoms with van der Waals surface area (Å²) in [5.41, 5.74) is 7.13. The molecule has 16 heavy (non-hydrogen) atoms. The van der Waals surface area contributed by atoms with Gasteiger partial charge >= 0.3 is 0 Å². The van der Waals surface area contributed by atoms with Gasteiger partial charge in [0.15, 0.2) is 0 Å². The standard InChI is InChI=1S/C14H24N2/c1-10-6-7-12(11(2)8-10)13(16-15)9-14(3,4)5/h6-8,13,16H,9,15H2,1-5H3. The highest BCUT2D eigenvalue weighted by Crippen LogP contribution is 2.30. The van der Waals surface area contributed by atoms with Gasteiger partial charge in [0.05, 0.1) is 0 Å². The highest BCUT2D eigenvalue weighted by molar-refractivity contribution is 5.32. The van der Waals surface area contributed by atoms with Crippen LogP contribution in [-0.2, 0) is 0 Å². The summed E-state index contributed by atoms with van der Waals surface area (Å²) in [6.07, 6.45) is 1.04. The van der Waals surface area contributed by atoms with E-state index in [-0.39, 0.29) is 11.5 Å². The van der Waals surface area contributed by atoms with Gasteiger partial charge in [-0.25, -0.2) is 0 Å². The Morgan fingerprint density at radius 2 is 1.88 bits per heavy atom. The summed E-state index contributed by atoms with van der Waals surface area (Å²) in [5.74, 6) is 5.67. The summed E-state index contributed by atoms with van der Waals surface area (Å²) in [5, 5.41) is 0. The van der Waals surface area contributed by atoms with E-state index in [0.29, 0.717) is 0 Å². The molecule has 1 unspecified atom stereocenters. The number of aryl methyl sites for hydroxylation is 2. The van der Waals surface area contributed by atoms with E-state index in [2.05, 4.69) is 58.2 Å². The third-order valence-corrected chi connectivity index (χ3v) is 2.82. The summed E-state index contributed by atoms with van der Waals surface area (Å²) in [6.45, 7) is 11.0. The number of hydrogen-bond donors (Lipinski definition) is 2. The van der Waals surface area contributed by atoms with Crippen molar-refractivity contribution in [2.45, 2.75) is 47.1 Å². The number of benzene rings is 1. The van der Waals surface area contributed by atoms with Crippen molar-refractivity contribution in [3.8, 4) is 0 Å². The van der Waals surface area contributed by atoms with Gasteiger partial charge in [-0.15, -0.1) is 0 Å². The first-order valence-corrected chi connectivity index (χ1v) is 5.87. The number of nitrogens with one attached hydrogen (secondary N) is 1. The lowest BCUT2D eigenvalue weighted by Crippen LogP contribution is -2.31. The molecular formula is C14H24N2. The molecule has 0 aromatic heterocycles. The Labute approximate surface area is 99.2 Å². The van der Waals surface area contributed by atoms with Crippen LogP contribution in [0, 0.1) is 19.3 Å². The summed E-state index contributed by atoms with van der Waals surface area (Å²) in [7, 11) is 0. The predicted octanol–water partition coefficient (Wildman–Crippen LogP) is 3.24. The molecule has 2 nitrogen and oxygen atoms in total. The third kappa shape index (κ3) is 3.62. The zero-order chi connectivity index (χ0) is 12.3. The summed E-state index contributed by atoms with van der Waals surface area (Å²) in [6, 6.07) is 6.78. The van der Waals surface area contributed by atoms with Crippen LogP contribution in [0.15, 0.2) is 18.2 Å². The molecule has 3 N–H and O–H groups in total. The summed E-state index contributed by atoms with van der Waals surface area (Å²) in [4.78, 5) is 0. The molecule has 0 aliphatic carbocycles. The van der Waals surface area contributed by atoms with Crippen LogP contribution in [-0.4, -0.2) is 0 Å². The van der Waals surface area contributed by atoms with Crippen LogP contribution in [0.5, 0.6) is 0 Å². The molecular weight excluding hydrogens is 196 g/mol. The van der Waals surface area contributed by atoms with Crippen LogP contribution < -0.4 is 11.3 Å². The predicted molar refractivity (Wildman–Crippen MR) is 70.1 cm³/mol. The van der Waals surface area contributed by atoms with E-state index in [1.54, 1.807) is 0 Å². The lowest BCUT2D eigenvalue weighted by molar-refractivity contribution is 0.313. The van der Waals surface area contributed by atoms with E-state index < -0.39 is 0 Å². The third-order valence-electron chi connectivity index (χ3n) is 2.82. The fourth-order valence-electron chi connectivity index (χ4n) is 2.09. The molecule has 0 spiro atoms. The lowest BCUT2D eigenvalue weighted by Gasteiger charge is -2.27. The molecule has 0 bridgehead atoms. The van der Waals surface area contributed by atoms with Crippen LogP contribution in [0.3, 0.4) is 0 Å². The fraction of sp³-hybridized carbons (Fsp3) is 0.571. The Morgan fingerprint density at radius 3 is 2.31 bits per heavy atom. The molecule has 0 radical (unpaired) electrons. The number of hydrogen-bond acceptors (Lipinski definition) is 2. The maximum absolute atomic E-state index is 5.67. The maximum Gasteiger partial charge on any atom is 0.0467 e. The summed E-state index contributed by atoms with van der Waals surface area (Å²) >= 11 is 0. The van der Waals surface area contributed by atoms with Crippen molar-refractivity contribution < 1.29 is 0 Å². The van der Waals surface area contributed by atoms with E-state index in [4.69, 9.17) is 5.84 Å². The monoisotopic (exact) mass is 220 g/mol. The van der Waals surface area contributed by atoms with Crippen LogP contribution in [0.25, 0.3) is 0 Å². The summed E-state index contributed by atoms with van der Waals surface area (Å²) < 4.78 is 0. The Balaban J connectivity index is 2.95. The molecule has 0 saturated carbocycles. The van der Waals surface area contributed by atoms with E-state index in [0.717, 1.165) is 6.42 Å². The topological polar surface area (TPSA) is 38.0 Å². The minimum Gasteiger partial charge on any atom is -0.271 e. The normalized spacial score (nSPS) is 13.9. The van der Waals surface area contributed by atoms with E-state index in [1.807, 2.05) is 0 Å². The van der Waals surface area contributed by atoms with Gasteiger partial charge in [0, 0.05) is 6.04 Å². The Morgan fingerprint density at radius 1 is 1.25 bits per heavy atom. The van der Waals surface area contributed by atoms with Gasteiger partial charge < -0.3 is 0 Å². The second kappa shape index (κ2) is 4.98. The molecule has 1 rings (SSSR count). The molecule has 90 valence electrons. The average Bonchev–Trinajstić information content (AvgIpc) is 2.13. The zero-order valence-electron chi connectivity index (χ0n) is 11.1. The molecule has 2 heteroatoms. The molecule has 1 aromatic rings. The molecule has 1 aromatic carbocycles. The van der Waals surface area contributed by atoms with Crippen LogP contribution >= 0.6 is 0 Å². The van der Waals surface area contributed by atoms with Crippen molar-refractivity contribution in [2.24, 2.45) is 11.3 Å². The van der Waals surface area contributed by atoms with Crippen LogP contribution in [0.4, 0.5) is 0 Å². The largest absolute Gasteiger partial charge is 0.271 e. The molecule has 0 fully saturated rings. The van der Waals surface area contributed by atoms with Crippen LogP contribution in [0.2, 0.25) is 0 Å². The minimum atomic E-state index is 0.237. The molecule has 0 amide bonds. The van der Waals surface area contributed by atoms with Crippen molar-refractivity contribution in [1.29, 1.82) is 0 Å². The van der Waals surface area contributed by atoms with Gasteiger partial charge in [-0.2, -0.15) is 0 Å². The lowest BCUT2D eigenvalue weighted by atomic mass is 9.84. The number of nitrogens with two attached hydrogens (primary N) is 1. The first-order chi connectivity index (χ1) is 7.33. The Bertz CT molecular complexity index is 350. The van der Waals surface area contributed by atoms with Crippen molar-refractivity contribution in [2.75, 3.05) is 0 Å². The van der Waals surface area contributed by atoms with Gasteiger partial charge in [-0.05, 0) is 36.8 Å². The van der Waals surface area contributed by atoms with Gasteiger partial charge in [0.25, 0.3) is 0 Å². The van der Waals surface area contributed by atoms with E-state index in [1.165, 1.54) is 16.7 Å². The SMILES string of the molecule is Cc1ccc(C(CC(C)(C)C)NN)c(C)c1. The van der Waals surface area contributed by atoms with Crippen LogP contribution in [0.1, 0.15) is 49.9 Å². The Kier molecular flexibility index (Phi) is 4.11. The van der Waals surface area contributed by atoms with E-state index >= 15 is 0 Å². The highest BCUT2D eigenvalue weighted by Gasteiger charge is 2.20. The quantitative estimate of drug-likeness (QED) is 0.606. The van der Waals surface area contributed by atoms with Crippen molar-refractivity contribution in [3.05, 3.63) is 34.9 Å². The second-order valence-corrected chi connectivity index (χ2v) is 5.84. The first kappa shape index (κ1) is 13.2. The molecule has 0 saturated heterocycles. The number of hydrazine groups is 1. The zero-order valence-corrected chi connectivity index (χ0v) is 11.1. The maximum atomic E-state index is 5.67. The number of rotatable bonds is 3. The van der Waals surface area contributed by atoms with Gasteiger partial charge in [-0.1, -0.05) is 44.5 Å². The fourth-order valence-corrected chi connectivity index (χ4v) is 2.09. The van der Waals surface area contributed by atoms with E-state index in [9.17, 15) is 0 Å². The highest BCUT2D eigenvalue weighted by atomic mass is 15.2. The van der Waals surface area contributed by atoms with Crippen molar-refractivity contribution in [3.63, 3.8) is 0 Å². The van der Waals surface area contributed by atoms with Gasteiger partial charge in [-0.3, -0.25) is 11.3 Å². The molecule has 0 aliphatic heterocycles. The van der Waals surface area contributed by atoms with Crippen molar-refractivity contribution >= 4 is 0 Å². The first-order valence-electron chi connectivity index (χ1n) is 5.87. The Hall–Kier alpha value is -0.860. The molecule has 0 heterocycles. The van der Waals surface area contributed by atoms with Crippen molar-refractivity contribution in [1.82, 2.24) is 5.43 Å². The van der Waals surface area contributed by atoms with Gasteiger partial charge in [0.2, 0.25) is 0 Å². The minimum absolute atomic E-state index is 0.237. The molecule has 1 atom stereocenters. The average molecular weight is 220 g/mol. The van der Waals surface area contributed by atoms with Gasteiger partial charge in [0.1, 0.15) is 0 Å². The smallest absolute Gasteiger partial charge is 0.0467 e. The molecule has 0 aliphatic rings. The second-order valence-electron chi connectivity index (χ2n) is 5.84.